The molecule has 0 spiro atoms. The summed E-state index contributed by atoms with van der Waals surface area (Å²) in [6.07, 6.45) is 1.80. The van der Waals surface area contributed by atoms with Gasteiger partial charge in [-0.15, -0.1) is 0 Å². The number of hydrogen-bond acceptors (Lipinski definition) is 8. The maximum Gasteiger partial charge on any atom is 0.338 e. The van der Waals surface area contributed by atoms with Crippen molar-refractivity contribution in [2.75, 3.05) is 19.8 Å². The Morgan fingerprint density at radius 2 is 1.66 bits per heavy atom. The number of aromatic nitrogens is 1. The van der Waals surface area contributed by atoms with Crippen LogP contribution in [0.25, 0.3) is 6.08 Å². The van der Waals surface area contributed by atoms with Gasteiger partial charge in [0.15, 0.2) is 16.3 Å². The molecule has 8 nitrogen and oxygen atoms in total. The van der Waals surface area contributed by atoms with Crippen LogP contribution in [0.2, 0.25) is 5.02 Å². The van der Waals surface area contributed by atoms with Gasteiger partial charge >= 0.3 is 5.97 Å². The third-order valence-corrected chi connectivity index (χ3v) is 8.13. The van der Waals surface area contributed by atoms with Crippen LogP contribution in [-0.4, -0.2) is 30.4 Å². The van der Waals surface area contributed by atoms with E-state index in [2.05, 4.69) is 4.99 Å². The number of esters is 1. The summed E-state index contributed by atoms with van der Waals surface area (Å²) in [5.74, 6) is 1.35. The second kappa shape index (κ2) is 14.0. The van der Waals surface area contributed by atoms with E-state index < -0.39 is 12.0 Å². The smallest absolute Gasteiger partial charge is 0.338 e. The normalized spacial score (nSPS) is 14.6. The number of fused-ring (bicyclic) bond motifs is 1. The number of ether oxygens (including phenoxy) is 4. The Bertz CT molecular complexity index is 1860. The van der Waals surface area contributed by atoms with E-state index in [1.54, 1.807) is 24.5 Å². The maximum absolute atomic E-state index is 14.0. The predicted octanol–water partition coefficient (Wildman–Crippen LogP) is 5.83. The Kier molecular flexibility index (Phi) is 9.87. The zero-order valence-corrected chi connectivity index (χ0v) is 26.5. The molecule has 0 bridgehead atoms. The van der Waals surface area contributed by atoms with Crippen molar-refractivity contribution in [3.63, 3.8) is 0 Å². The summed E-state index contributed by atoms with van der Waals surface area (Å²) in [5.41, 5.74) is 3.06. The van der Waals surface area contributed by atoms with Crippen molar-refractivity contribution in [1.82, 2.24) is 4.57 Å². The lowest BCUT2D eigenvalue weighted by Gasteiger charge is -2.24. The van der Waals surface area contributed by atoms with Crippen molar-refractivity contribution in [3.05, 3.63) is 119 Å². The molecule has 3 aromatic carbocycles. The number of rotatable bonds is 11. The van der Waals surface area contributed by atoms with Gasteiger partial charge in [0.2, 0.25) is 0 Å². The van der Waals surface area contributed by atoms with Gasteiger partial charge < -0.3 is 18.9 Å². The first kappa shape index (κ1) is 31.1. The molecule has 2 heterocycles. The molecule has 1 aliphatic rings. The van der Waals surface area contributed by atoms with E-state index in [1.807, 2.05) is 80.6 Å². The van der Waals surface area contributed by atoms with Gasteiger partial charge in [-0.05, 0) is 86.9 Å². The summed E-state index contributed by atoms with van der Waals surface area (Å²) in [7, 11) is 0. The van der Waals surface area contributed by atoms with Gasteiger partial charge in [0.25, 0.3) is 5.56 Å². The van der Waals surface area contributed by atoms with Gasteiger partial charge in [-0.25, -0.2) is 9.79 Å². The molecule has 1 atom stereocenters. The minimum absolute atomic E-state index is 0.206. The van der Waals surface area contributed by atoms with Crippen LogP contribution in [-0.2, 0) is 16.1 Å². The first-order valence-corrected chi connectivity index (χ1v) is 15.6. The summed E-state index contributed by atoms with van der Waals surface area (Å²) in [6, 6.07) is 19.7. The summed E-state index contributed by atoms with van der Waals surface area (Å²) in [5, 5.41) is 0.663. The van der Waals surface area contributed by atoms with Crippen LogP contribution in [0.5, 0.6) is 17.2 Å². The van der Waals surface area contributed by atoms with Gasteiger partial charge in [-0.3, -0.25) is 9.36 Å². The lowest BCUT2D eigenvalue weighted by atomic mass is 9.96. The summed E-state index contributed by atoms with van der Waals surface area (Å²) >= 11 is 7.26. The third kappa shape index (κ3) is 6.74. The van der Waals surface area contributed by atoms with E-state index in [1.165, 1.54) is 11.3 Å². The number of benzene rings is 3. The van der Waals surface area contributed by atoms with Gasteiger partial charge in [-0.1, -0.05) is 53.3 Å². The number of allylic oxidation sites excluding steroid dienone is 1. The standard InChI is InChI=1S/C34H33ClN2O6S/c1-5-40-26-15-11-24(12-16-26)31-30(33(39)42-7-3)21(4)36-34-37(31)32(38)29(44-34)19-23-10-17-27(28(18-23)41-6-2)43-20-22-8-13-25(35)14-9-22/h8-19,31H,5-7,20H2,1-4H3/b29-19-. The molecular formula is C34H33ClN2O6S. The average Bonchev–Trinajstić information content (AvgIpc) is 3.31. The van der Waals surface area contributed by atoms with Crippen LogP contribution < -0.4 is 29.1 Å². The first-order chi connectivity index (χ1) is 21.3. The molecular weight excluding hydrogens is 600 g/mol. The monoisotopic (exact) mass is 632 g/mol. The molecule has 0 saturated carbocycles. The number of halogens is 1. The summed E-state index contributed by atoms with van der Waals surface area (Å²) in [6.45, 7) is 8.86. The number of carbonyl (C=O) groups is 1. The minimum Gasteiger partial charge on any atom is -0.494 e. The van der Waals surface area contributed by atoms with Crippen molar-refractivity contribution in [2.45, 2.75) is 40.3 Å². The quantitative estimate of drug-likeness (QED) is 0.193. The van der Waals surface area contributed by atoms with Crippen molar-refractivity contribution in [3.8, 4) is 17.2 Å². The van der Waals surface area contributed by atoms with Gasteiger partial charge in [-0.2, -0.15) is 0 Å². The van der Waals surface area contributed by atoms with Crippen LogP contribution in [0.3, 0.4) is 0 Å². The molecule has 0 amide bonds. The van der Waals surface area contributed by atoms with E-state index >= 15 is 0 Å². The van der Waals surface area contributed by atoms with Crippen LogP contribution in [0, 0.1) is 0 Å². The van der Waals surface area contributed by atoms with Gasteiger partial charge in [0.1, 0.15) is 12.4 Å². The van der Waals surface area contributed by atoms with E-state index in [0.29, 0.717) is 62.7 Å². The SMILES string of the molecule is CCOC(=O)C1=C(C)N=c2s/c(=C\c3ccc(OCc4ccc(Cl)cc4)c(OCC)c3)c(=O)n2C1c1ccc(OCC)cc1. The van der Waals surface area contributed by atoms with Crippen LogP contribution >= 0.6 is 22.9 Å². The molecule has 4 aromatic rings. The summed E-state index contributed by atoms with van der Waals surface area (Å²) < 4.78 is 25.0. The van der Waals surface area contributed by atoms with Crippen molar-refractivity contribution in [2.24, 2.45) is 4.99 Å². The van der Waals surface area contributed by atoms with Crippen LogP contribution in [0.1, 0.15) is 50.4 Å². The fraction of sp³-hybridized carbons (Fsp3) is 0.265. The highest BCUT2D eigenvalue weighted by Gasteiger charge is 2.33. The zero-order chi connectivity index (χ0) is 31.2. The van der Waals surface area contributed by atoms with Gasteiger partial charge in [0.05, 0.1) is 41.7 Å². The first-order valence-electron chi connectivity index (χ1n) is 14.4. The third-order valence-electron chi connectivity index (χ3n) is 6.90. The van der Waals surface area contributed by atoms with Crippen molar-refractivity contribution in [1.29, 1.82) is 0 Å². The molecule has 1 aromatic heterocycles. The molecule has 0 saturated heterocycles. The Morgan fingerprint density at radius 1 is 0.932 bits per heavy atom. The van der Waals surface area contributed by atoms with E-state index in [9.17, 15) is 9.59 Å². The predicted molar refractivity (Wildman–Crippen MR) is 171 cm³/mol. The Morgan fingerprint density at radius 3 is 2.34 bits per heavy atom. The molecule has 0 radical (unpaired) electrons. The van der Waals surface area contributed by atoms with Crippen LogP contribution in [0.4, 0.5) is 0 Å². The molecule has 5 rings (SSSR count). The van der Waals surface area contributed by atoms with E-state index in [-0.39, 0.29) is 12.2 Å². The van der Waals surface area contributed by atoms with Gasteiger partial charge in [0, 0.05) is 5.02 Å². The average molecular weight is 633 g/mol. The molecule has 228 valence electrons. The molecule has 0 aliphatic carbocycles. The lowest BCUT2D eigenvalue weighted by molar-refractivity contribution is -0.139. The van der Waals surface area contributed by atoms with Crippen LogP contribution in [0.15, 0.2) is 87.8 Å². The number of nitrogens with zero attached hydrogens (tertiary/aromatic N) is 2. The highest BCUT2D eigenvalue weighted by atomic mass is 35.5. The van der Waals surface area contributed by atoms with Crippen molar-refractivity contribution < 1.29 is 23.7 Å². The zero-order valence-electron chi connectivity index (χ0n) is 25.0. The molecule has 1 unspecified atom stereocenters. The van der Waals surface area contributed by atoms with Crippen molar-refractivity contribution >= 4 is 35.0 Å². The lowest BCUT2D eigenvalue weighted by Crippen LogP contribution is -2.39. The Labute approximate surface area is 264 Å². The molecule has 0 fully saturated rings. The van der Waals surface area contributed by atoms with E-state index in [4.69, 9.17) is 30.5 Å². The highest BCUT2D eigenvalue weighted by molar-refractivity contribution is 7.07. The molecule has 0 N–H and O–H groups in total. The maximum atomic E-state index is 14.0. The Balaban J connectivity index is 1.54. The molecule has 44 heavy (non-hydrogen) atoms. The second-order valence-electron chi connectivity index (χ2n) is 9.86. The molecule has 1 aliphatic heterocycles. The Hall–Kier alpha value is -4.34. The fourth-order valence-corrected chi connectivity index (χ4v) is 6.09. The summed E-state index contributed by atoms with van der Waals surface area (Å²) in [4.78, 5) is 32.3. The number of thiazole rings is 1. The topological polar surface area (TPSA) is 88.4 Å². The fourth-order valence-electron chi connectivity index (χ4n) is 4.91. The molecule has 10 heteroatoms. The number of carbonyl (C=O) groups excluding carboxylic acids is 1. The minimum atomic E-state index is -0.703. The highest BCUT2D eigenvalue weighted by Crippen LogP contribution is 2.32. The van der Waals surface area contributed by atoms with E-state index in [0.717, 1.165) is 16.7 Å². The second-order valence-corrected chi connectivity index (χ2v) is 11.3. The largest absolute Gasteiger partial charge is 0.494 e. The number of hydrogen-bond donors (Lipinski definition) is 0.